The van der Waals surface area contributed by atoms with E-state index < -0.39 is 5.82 Å². The van der Waals surface area contributed by atoms with Crippen molar-refractivity contribution >= 4 is 5.69 Å². The number of methoxy groups -OCH3 is 1. The predicted octanol–water partition coefficient (Wildman–Crippen LogP) is 0.811. The first-order chi connectivity index (χ1) is 4.75. The SMILES string of the molecule is COc1nccc(F)c1N. The molecule has 0 saturated carbocycles. The maximum Gasteiger partial charge on any atom is 0.239 e. The van der Waals surface area contributed by atoms with E-state index in [2.05, 4.69) is 9.72 Å². The smallest absolute Gasteiger partial charge is 0.239 e. The molecule has 1 aromatic heterocycles. The largest absolute Gasteiger partial charge is 0.479 e. The van der Waals surface area contributed by atoms with Gasteiger partial charge in [0, 0.05) is 6.20 Å². The third-order valence-electron chi connectivity index (χ3n) is 1.09. The fourth-order valence-electron chi connectivity index (χ4n) is 0.595. The average molecular weight is 142 g/mol. The lowest BCUT2D eigenvalue weighted by Crippen LogP contribution is -1.97. The van der Waals surface area contributed by atoms with E-state index in [1.54, 1.807) is 0 Å². The van der Waals surface area contributed by atoms with E-state index in [1.807, 2.05) is 0 Å². The normalized spacial score (nSPS) is 9.40. The maximum atomic E-state index is 12.5. The van der Waals surface area contributed by atoms with Crippen molar-refractivity contribution in [2.75, 3.05) is 12.8 Å². The van der Waals surface area contributed by atoms with Crippen molar-refractivity contribution in [1.29, 1.82) is 0 Å². The third-order valence-corrected chi connectivity index (χ3v) is 1.09. The molecular formula is C6H7FN2O. The molecule has 3 nitrogen and oxygen atoms in total. The van der Waals surface area contributed by atoms with Gasteiger partial charge in [-0.2, -0.15) is 0 Å². The highest BCUT2D eigenvalue weighted by atomic mass is 19.1. The molecule has 1 rings (SSSR count). The molecule has 0 aliphatic heterocycles. The second-order valence-electron chi connectivity index (χ2n) is 1.72. The van der Waals surface area contributed by atoms with Gasteiger partial charge >= 0.3 is 0 Å². The summed E-state index contributed by atoms with van der Waals surface area (Å²) < 4.78 is 17.2. The summed E-state index contributed by atoms with van der Waals surface area (Å²) in [5.74, 6) is -0.383. The molecule has 1 aromatic rings. The van der Waals surface area contributed by atoms with Gasteiger partial charge in [0.2, 0.25) is 5.88 Å². The van der Waals surface area contributed by atoms with Crippen molar-refractivity contribution < 1.29 is 9.13 Å². The topological polar surface area (TPSA) is 48.1 Å². The van der Waals surface area contributed by atoms with Crippen molar-refractivity contribution in [3.63, 3.8) is 0 Å². The minimum atomic E-state index is -0.508. The first-order valence-electron chi connectivity index (χ1n) is 2.69. The number of halogens is 1. The molecule has 0 aliphatic carbocycles. The lowest BCUT2D eigenvalue weighted by molar-refractivity contribution is 0.397. The lowest BCUT2D eigenvalue weighted by atomic mass is 10.4. The van der Waals surface area contributed by atoms with Crippen LogP contribution in [0.3, 0.4) is 0 Å². The van der Waals surface area contributed by atoms with E-state index >= 15 is 0 Å². The molecule has 4 heteroatoms. The van der Waals surface area contributed by atoms with Gasteiger partial charge in [-0.1, -0.05) is 0 Å². The lowest BCUT2D eigenvalue weighted by Gasteiger charge is -2.01. The number of aromatic nitrogens is 1. The standard InChI is InChI=1S/C6H7FN2O/c1-10-6-5(8)4(7)2-3-9-6/h2-3H,8H2,1H3. The Balaban J connectivity index is 3.14. The summed E-state index contributed by atoms with van der Waals surface area (Å²) in [4.78, 5) is 3.67. The van der Waals surface area contributed by atoms with Crippen LogP contribution in [0.2, 0.25) is 0 Å². The minimum absolute atomic E-state index is 0.0509. The van der Waals surface area contributed by atoms with Gasteiger partial charge in [0.15, 0.2) is 5.82 Å². The Morgan fingerprint density at radius 2 is 2.40 bits per heavy atom. The number of hydrogen-bond acceptors (Lipinski definition) is 3. The van der Waals surface area contributed by atoms with Gasteiger partial charge < -0.3 is 10.5 Å². The quantitative estimate of drug-likeness (QED) is 0.631. The summed E-state index contributed by atoms with van der Waals surface area (Å²) in [6.07, 6.45) is 1.30. The summed E-state index contributed by atoms with van der Waals surface area (Å²) in [6.45, 7) is 0. The van der Waals surface area contributed by atoms with E-state index in [9.17, 15) is 4.39 Å². The highest BCUT2D eigenvalue weighted by Gasteiger charge is 2.03. The van der Waals surface area contributed by atoms with Gasteiger partial charge in [-0.05, 0) is 6.07 Å². The van der Waals surface area contributed by atoms with Crippen LogP contribution in [0.15, 0.2) is 12.3 Å². The fourth-order valence-corrected chi connectivity index (χ4v) is 0.595. The minimum Gasteiger partial charge on any atom is -0.479 e. The van der Waals surface area contributed by atoms with Gasteiger partial charge in [-0.25, -0.2) is 9.37 Å². The number of pyridine rings is 1. The molecule has 0 fully saturated rings. The van der Waals surface area contributed by atoms with E-state index in [-0.39, 0.29) is 11.6 Å². The van der Waals surface area contributed by atoms with Gasteiger partial charge in [-0.15, -0.1) is 0 Å². The first kappa shape index (κ1) is 6.80. The molecule has 0 aliphatic rings. The maximum absolute atomic E-state index is 12.5. The number of nitrogen functional groups attached to an aromatic ring is 1. The van der Waals surface area contributed by atoms with Crippen molar-refractivity contribution in [2.45, 2.75) is 0 Å². The van der Waals surface area contributed by atoms with Crippen LogP contribution < -0.4 is 10.5 Å². The zero-order valence-corrected chi connectivity index (χ0v) is 5.47. The molecule has 0 saturated heterocycles. The number of nitrogens with two attached hydrogens (primary N) is 1. The van der Waals surface area contributed by atoms with Crippen molar-refractivity contribution in [1.82, 2.24) is 4.98 Å². The Labute approximate surface area is 57.6 Å². The molecule has 0 unspecified atom stereocenters. The van der Waals surface area contributed by atoms with E-state index in [1.165, 1.54) is 19.4 Å². The van der Waals surface area contributed by atoms with Crippen molar-refractivity contribution in [2.24, 2.45) is 0 Å². The van der Waals surface area contributed by atoms with Gasteiger partial charge in [0.1, 0.15) is 5.69 Å². The molecule has 2 N–H and O–H groups in total. The van der Waals surface area contributed by atoms with E-state index in [0.29, 0.717) is 0 Å². The molecule has 0 radical (unpaired) electrons. The fraction of sp³-hybridized carbons (Fsp3) is 0.167. The highest BCUT2D eigenvalue weighted by Crippen LogP contribution is 2.19. The summed E-state index contributed by atoms with van der Waals surface area (Å²) in [5.41, 5.74) is 5.18. The molecule has 54 valence electrons. The molecule has 10 heavy (non-hydrogen) atoms. The van der Waals surface area contributed by atoms with Crippen molar-refractivity contribution in [3.8, 4) is 5.88 Å². The molecular weight excluding hydrogens is 135 g/mol. The zero-order chi connectivity index (χ0) is 7.56. The van der Waals surface area contributed by atoms with Gasteiger partial charge in [0.25, 0.3) is 0 Å². The monoisotopic (exact) mass is 142 g/mol. The number of rotatable bonds is 1. The zero-order valence-electron chi connectivity index (χ0n) is 5.47. The Morgan fingerprint density at radius 1 is 1.70 bits per heavy atom. The molecule has 0 aromatic carbocycles. The highest BCUT2D eigenvalue weighted by molar-refractivity contribution is 5.48. The Hall–Kier alpha value is -1.32. The van der Waals surface area contributed by atoms with Gasteiger partial charge in [-0.3, -0.25) is 0 Å². The number of hydrogen-bond donors (Lipinski definition) is 1. The Morgan fingerprint density at radius 3 is 2.90 bits per heavy atom. The third kappa shape index (κ3) is 1.00. The van der Waals surface area contributed by atoms with Crippen LogP contribution in [-0.4, -0.2) is 12.1 Å². The second-order valence-corrected chi connectivity index (χ2v) is 1.72. The van der Waals surface area contributed by atoms with Crippen LogP contribution in [-0.2, 0) is 0 Å². The van der Waals surface area contributed by atoms with Crippen molar-refractivity contribution in [3.05, 3.63) is 18.1 Å². The molecule has 0 spiro atoms. The van der Waals surface area contributed by atoms with Crippen LogP contribution >= 0.6 is 0 Å². The summed E-state index contributed by atoms with van der Waals surface area (Å²) in [7, 11) is 1.39. The van der Waals surface area contributed by atoms with Crippen LogP contribution in [0.5, 0.6) is 5.88 Å². The summed E-state index contributed by atoms with van der Waals surface area (Å²) in [5, 5.41) is 0. The van der Waals surface area contributed by atoms with Crippen LogP contribution in [0.4, 0.5) is 10.1 Å². The van der Waals surface area contributed by atoms with E-state index in [0.717, 1.165) is 0 Å². The number of anilines is 1. The summed E-state index contributed by atoms with van der Waals surface area (Å²) >= 11 is 0. The summed E-state index contributed by atoms with van der Waals surface area (Å²) in [6, 6.07) is 1.18. The molecule has 1 heterocycles. The number of nitrogens with zero attached hydrogens (tertiary/aromatic N) is 1. The predicted molar refractivity (Wildman–Crippen MR) is 35.2 cm³/mol. The average Bonchev–Trinajstić information content (AvgIpc) is 1.95. The molecule has 0 amide bonds. The Kier molecular flexibility index (Phi) is 1.71. The van der Waals surface area contributed by atoms with Gasteiger partial charge in [0.05, 0.1) is 7.11 Å². The van der Waals surface area contributed by atoms with Crippen LogP contribution in [0.25, 0.3) is 0 Å². The second kappa shape index (κ2) is 2.51. The van der Waals surface area contributed by atoms with Crippen LogP contribution in [0.1, 0.15) is 0 Å². The van der Waals surface area contributed by atoms with E-state index in [4.69, 9.17) is 5.73 Å². The van der Waals surface area contributed by atoms with Crippen LogP contribution in [0, 0.1) is 5.82 Å². The molecule has 0 bridgehead atoms. The number of ether oxygens (including phenoxy) is 1. The Bertz CT molecular complexity index is 239. The molecule has 0 atom stereocenters. The first-order valence-corrected chi connectivity index (χ1v) is 2.69.